The predicted molar refractivity (Wildman–Crippen MR) is 73.4 cm³/mol. The summed E-state index contributed by atoms with van der Waals surface area (Å²) in [7, 11) is -3.90. The third-order valence-electron chi connectivity index (χ3n) is 3.34. The quantitative estimate of drug-likeness (QED) is 0.817. The summed E-state index contributed by atoms with van der Waals surface area (Å²) in [4.78, 5) is 1.94. The number of likely N-dealkylation sites (tertiary alicyclic amines) is 1. The third-order valence-corrected chi connectivity index (χ3v) is 4.62. The van der Waals surface area contributed by atoms with E-state index in [1.54, 1.807) is 13.8 Å². The molecule has 1 aliphatic rings. The lowest BCUT2D eigenvalue weighted by Gasteiger charge is -2.39. The van der Waals surface area contributed by atoms with Crippen LogP contribution in [-0.4, -0.2) is 73.0 Å². The molecule has 0 aliphatic carbocycles. The van der Waals surface area contributed by atoms with Crippen molar-refractivity contribution in [1.29, 1.82) is 0 Å². The van der Waals surface area contributed by atoms with E-state index < -0.39 is 34.4 Å². The van der Waals surface area contributed by atoms with E-state index in [1.807, 2.05) is 4.90 Å². The molecule has 0 radical (unpaired) electrons. The Hall–Kier alpha value is -0.380. The maximum absolute atomic E-state index is 12.5. The van der Waals surface area contributed by atoms with Crippen molar-refractivity contribution in [1.82, 2.24) is 9.21 Å². The maximum atomic E-state index is 12.5. The van der Waals surface area contributed by atoms with Gasteiger partial charge in [-0.1, -0.05) is 0 Å². The van der Waals surface area contributed by atoms with Crippen LogP contribution in [0.5, 0.6) is 0 Å². The number of halogens is 3. The number of piperidine rings is 1. The first-order valence-corrected chi connectivity index (χ1v) is 8.61. The van der Waals surface area contributed by atoms with E-state index in [-0.39, 0.29) is 0 Å². The van der Waals surface area contributed by atoms with Crippen molar-refractivity contribution < 1.29 is 26.7 Å². The van der Waals surface area contributed by atoms with E-state index in [0.29, 0.717) is 36.8 Å². The van der Waals surface area contributed by atoms with E-state index in [4.69, 9.17) is 0 Å². The molecule has 21 heavy (non-hydrogen) atoms. The van der Waals surface area contributed by atoms with Gasteiger partial charge in [-0.25, -0.2) is 8.42 Å². The van der Waals surface area contributed by atoms with Gasteiger partial charge in [-0.2, -0.15) is 17.5 Å². The molecule has 0 saturated carbocycles. The fraction of sp³-hybridized carbons (Fsp3) is 1.00. The van der Waals surface area contributed by atoms with Gasteiger partial charge in [-0.05, 0) is 39.8 Å². The number of hydrogen-bond donors (Lipinski definition) is 1. The lowest BCUT2D eigenvalue weighted by atomic mass is 10.0. The molecule has 9 heteroatoms. The van der Waals surface area contributed by atoms with E-state index in [9.17, 15) is 26.7 Å². The van der Waals surface area contributed by atoms with Gasteiger partial charge < -0.3 is 10.0 Å². The topological polar surface area (TPSA) is 60.9 Å². The van der Waals surface area contributed by atoms with Crippen molar-refractivity contribution in [3.8, 4) is 0 Å². The maximum Gasteiger partial charge on any atom is 0.402 e. The second-order valence-corrected chi connectivity index (χ2v) is 8.18. The van der Waals surface area contributed by atoms with Crippen molar-refractivity contribution in [3.05, 3.63) is 0 Å². The molecule has 0 unspecified atom stereocenters. The SMILES string of the molecule is CC(C)(O)CN1CCC(N(CC(F)(F)F)S(C)(=O)=O)CC1. The number of nitrogens with zero attached hydrogens (tertiary/aromatic N) is 2. The van der Waals surface area contributed by atoms with Crippen LogP contribution in [0.25, 0.3) is 0 Å². The molecule has 0 spiro atoms. The van der Waals surface area contributed by atoms with Crippen LogP contribution in [0, 0.1) is 0 Å². The van der Waals surface area contributed by atoms with Gasteiger partial charge >= 0.3 is 6.18 Å². The van der Waals surface area contributed by atoms with E-state index in [2.05, 4.69) is 0 Å². The average Bonchev–Trinajstić information content (AvgIpc) is 2.22. The highest BCUT2D eigenvalue weighted by Gasteiger charge is 2.39. The number of alkyl halides is 3. The van der Waals surface area contributed by atoms with Gasteiger partial charge in [-0.3, -0.25) is 0 Å². The van der Waals surface area contributed by atoms with Gasteiger partial charge in [0.25, 0.3) is 0 Å². The van der Waals surface area contributed by atoms with Crippen LogP contribution in [0.15, 0.2) is 0 Å². The monoisotopic (exact) mass is 332 g/mol. The Labute approximate surface area is 123 Å². The minimum absolute atomic E-state index is 0.333. The summed E-state index contributed by atoms with van der Waals surface area (Å²) in [5, 5.41) is 9.73. The lowest BCUT2D eigenvalue weighted by Crippen LogP contribution is -2.51. The smallest absolute Gasteiger partial charge is 0.389 e. The zero-order valence-electron chi connectivity index (χ0n) is 12.5. The zero-order chi connectivity index (χ0) is 16.5. The van der Waals surface area contributed by atoms with Gasteiger partial charge in [0.15, 0.2) is 0 Å². The summed E-state index contributed by atoms with van der Waals surface area (Å²) in [5.74, 6) is 0. The molecule has 1 N–H and O–H groups in total. The Kier molecular flexibility index (Phi) is 5.68. The van der Waals surface area contributed by atoms with Gasteiger partial charge in [0.05, 0.1) is 11.9 Å². The molecule has 0 aromatic rings. The summed E-state index contributed by atoms with van der Waals surface area (Å²) in [6.45, 7) is 3.23. The van der Waals surface area contributed by atoms with E-state index in [0.717, 1.165) is 6.26 Å². The molecule has 0 aromatic heterocycles. The molecule has 5 nitrogen and oxygen atoms in total. The fourth-order valence-corrected chi connectivity index (χ4v) is 3.74. The van der Waals surface area contributed by atoms with Crippen molar-refractivity contribution in [3.63, 3.8) is 0 Å². The highest BCUT2D eigenvalue weighted by molar-refractivity contribution is 7.88. The fourth-order valence-electron chi connectivity index (χ4n) is 2.61. The van der Waals surface area contributed by atoms with Crippen LogP contribution in [0.1, 0.15) is 26.7 Å². The minimum atomic E-state index is -4.55. The normalized spacial score (nSPS) is 20.2. The molecular weight excluding hydrogens is 309 g/mol. The molecule has 1 rings (SSSR count). The number of sulfonamides is 1. The Bertz CT molecular complexity index is 438. The first-order chi connectivity index (χ1) is 9.28. The lowest BCUT2D eigenvalue weighted by molar-refractivity contribution is -0.140. The van der Waals surface area contributed by atoms with Crippen LogP contribution < -0.4 is 0 Å². The Morgan fingerprint density at radius 1 is 1.24 bits per heavy atom. The Balaban J connectivity index is 2.68. The Morgan fingerprint density at radius 2 is 1.71 bits per heavy atom. The summed E-state index contributed by atoms with van der Waals surface area (Å²) in [6.07, 6.45) is -3.08. The predicted octanol–water partition coefficient (Wildman–Crippen LogP) is 1.05. The molecule has 1 heterocycles. The highest BCUT2D eigenvalue weighted by Crippen LogP contribution is 2.25. The molecule has 126 valence electrons. The van der Waals surface area contributed by atoms with Crippen LogP contribution in [-0.2, 0) is 10.0 Å². The van der Waals surface area contributed by atoms with Crippen molar-refractivity contribution in [2.24, 2.45) is 0 Å². The molecule has 0 aromatic carbocycles. The van der Waals surface area contributed by atoms with Gasteiger partial charge in [-0.15, -0.1) is 0 Å². The zero-order valence-corrected chi connectivity index (χ0v) is 13.3. The van der Waals surface area contributed by atoms with Gasteiger partial charge in [0.1, 0.15) is 6.54 Å². The largest absolute Gasteiger partial charge is 0.402 e. The van der Waals surface area contributed by atoms with Crippen molar-refractivity contribution >= 4 is 10.0 Å². The third kappa shape index (κ3) is 6.94. The highest BCUT2D eigenvalue weighted by atomic mass is 32.2. The second kappa shape index (κ2) is 6.39. The van der Waals surface area contributed by atoms with Gasteiger partial charge in [0, 0.05) is 12.6 Å². The number of hydrogen-bond acceptors (Lipinski definition) is 4. The Morgan fingerprint density at radius 3 is 2.05 bits per heavy atom. The van der Waals surface area contributed by atoms with Crippen LogP contribution in [0.3, 0.4) is 0 Å². The first kappa shape index (κ1) is 18.7. The number of rotatable bonds is 5. The molecule has 1 fully saturated rings. The van der Waals surface area contributed by atoms with Crippen molar-refractivity contribution in [2.45, 2.75) is 44.5 Å². The summed E-state index contributed by atoms with van der Waals surface area (Å²) in [6, 6.07) is -0.639. The molecule has 0 bridgehead atoms. The first-order valence-electron chi connectivity index (χ1n) is 6.76. The number of β-amino-alcohol motifs (C(OH)–C–C–N with tert-alkyl or cyclic N) is 1. The van der Waals surface area contributed by atoms with Crippen LogP contribution >= 0.6 is 0 Å². The van der Waals surface area contributed by atoms with Crippen LogP contribution in [0.4, 0.5) is 13.2 Å². The average molecular weight is 332 g/mol. The second-order valence-electron chi connectivity index (χ2n) is 6.24. The molecule has 1 saturated heterocycles. The molecular formula is C12H23F3N2O3S. The van der Waals surface area contributed by atoms with E-state index in [1.165, 1.54) is 0 Å². The standard InChI is InChI=1S/C12H23F3N2O3S/c1-11(2,18)8-16-6-4-10(5-7-16)17(21(3,19)20)9-12(13,14)15/h10,18H,4-9H2,1-3H3. The molecule has 0 amide bonds. The summed E-state index contributed by atoms with van der Waals surface area (Å²) >= 11 is 0. The van der Waals surface area contributed by atoms with Crippen LogP contribution in [0.2, 0.25) is 0 Å². The summed E-state index contributed by atoms with van der Waals surface area (Å²) in [5.41, 5.74) is -0.880. The van der Waals surface area contributed by atoms with E-state index >= 15 is 0 Å². The molecule has 0 atom stereocenters. The minimum Gasteiger partial charge on any atom is -0.389 e. The summed E-state index contributed by atoms with van der Waals surface area (Å²) < 4.78 is 61.4. The van der Waals surface area contributed by atoms with Crippen molar-refractivity contribution in [2.75, 3.05) is 32.4 Å². The number of aliphatic hydroxyl groups is 1. The van der Waals surface area contributed by atoms with Gasteiger partial charge in [0.2, 0.25) is 10.0 Å². The molecule has 1 aliphatic heterocycles.